The van der Waals surface area contributed by atoms with E-state index in [0.29, 0.717) is 0 Å². The molecule has 0 aliphatic heterocycles. The van der Waals surface area contributed by atoms with Gasteiger partial charge >= 0.3 is 6.18 Å². The Kier molecular flexibility index (Phi) is 3.88. The van der Waals surface area contributed by atoms with Crippen LogP contribution in [-0.4, -0.2) is 0 Å². The highest BCUT2D eigenvalue weighted by atomic mass is 32.1. The molecule has 2 aromatic rings. The lowest BCUT2D eigenvalue weighted by Gasteiger charge is -2.17. The van der Waals surface area contributed by atoms with Crippen molar-refractivity contribution in [1.29, 1.82) is 0 Å². The van der Waals surface area contributed by atoms with Crippen LogP contribution in [0.3, 0.4) is 0 Å². The summed E-state index contributed by atoms with van der Waals surface area (Å²) in [6.45, 7) is 0. The van der Waals surface area contributed by atoms with Crippen LogP contribution in [0.1, 0.15) is 22.0 Å². The Morgan fingerprint density at radius 1 is 1.21 bits per heavy atom. The summed E-state index contributed by atoms with van der Waals surface area (Å²) in [6.07, 6.45) is -4.73. The number of nitrogens with two attached hydrogens (primary N) is 1. The summed E-state index contributed by atoms with van der Waals surface area (Å²) >= 11 is 1.35. The fourth-order valence-corrected chi connectivity index (χ4v) is 2.55. The summed E-state index contributed by atoms with van der Waals surface area (Å²) in [5, 5.41) is 1.79. The van der Waals surface area contributed by atoms with Gasteiger partial charge in [-0.15, -0.1) is 11.3 Å². The normalized spacial score (nSPS) is 13.5. The maximum atomic E-state index is 13.2. The second kappa shape index (κ2) is 5.28. The number of alkyl halides is 3. The lowest BCUT2D eigenvalue weighted by molar-refractivity contribution is -0.140. The highest BCUT2D eigenvalue weighted by Gasteiger charge is 2.34. The number of rotatable bonds is 3. The van der Waals surface area contributed by atoms with Gasteiger partial charge < -0.3 is 0 Å². The van der Waals surface area contributed by atoms with E-state index in [1.165, 1.54) is 17.4 Å². The number of nitrogens with one attached hydrogen (secondary N) is 1. The molecule has 0 amide bonds. The molecule has 0 fully saturated rings. The molecule has 19 heavy (non-hydrogen) atoms. The molecule has 1 aromatic heterocycles. The zero-order chi connectivity index (χ0) is 14.0. The van der Waals surface area contributed by atoms with Crippen molar-refractivity contribution in [3.05, 3.63) is 57.5 Å². The first-order valence-electron chi connectivity index (χ1n) is 5.29. The summed E-state index contributed by atoms with van der Waals surface area (Å²) < 4.78 is 51.2. The van der Waals surface area contributed by atoms with Crippen molar-refractivity contribution in [1.82, 2.24) is 5.43 Å². The molecule has 0 aliphatic carbocycles. The van der Waals surface area contributed by atoms with Crippen molar-refractivity contribution in [3.8, 4) is 0 Å². The van der Waals surface area contributed by atoms with Crippen molar-refractivity contribution >= 4 is 11.3 Å². The van der Waals surface area contributed by atoms with Crippen LogP contribution in [0.5, 0.6) is 0 Å². The molecule has 0 bridgehead atoms. The molecule has 0 saturated heterocycles. The molecule has 1 atom stereocenters. The second-order valence-corrected chi connectivity index (χ2v) is 4.83. The van der Waals surface area contributed by atoms with Gasteiger partial charge in [0.25, 0.3) is 0 Å². The van der Waals surface area contributed by atoms with E-state index >= 15 is 0 Å². The van der Waals surface area contributed by atoms with Crippen LogP contribution in [0.15, 0.2) is 35.7 Å². The van der Waals surface area contributed by atoms with Crippen molar-refractivity contribution in [2.45, 2.75) is 12.2 Å². The van der Waals surface area contributed by atoms with Gasteiger partial charge in [0.1, 0.15) is 5.82 Å². The van der Waals surface area contributed by atoms with Crippen molar-refractivity contribution < 1.29 is 17.6 Å². The quantitative estimate of drug-likeness (QED) is 0.516. The van der Waals surface area contributed by atoms with Gasteiger partial charge in [0.2, 0.25) is 0 Å². The molecule has 1 aromatic carbocycles. The molecule has 1 unspecified atom stereocenters. The lowest BCUT2D eigenvalue weighted by Crippen LogP contribution is -2.28. The van der Waals surface area contributed by atoms with E-state index in [0.717, 1.165) is 17.0 Å². The number of halogens is 4. The maximum absolute atomic E-state index is 13.2. The SMILES string of the molecule is NNC(c1ccc(F)c(C(F)(F)F)c1)c1cccs1. The molecule has 102 valence electrons. The highest BCUT2D eigenvalue weighted by Crippen LogP contribution is 2.34. The molecule has 2 rings (SSSR count). The second-order valence-electron chi connectivity index (χ2n) is 3.85. The average Bonchev–Trinajstić information content (AvgIpc) is 2.84. The van der Waals surface area contributed by atoms with Crippen LogP contribution in [0.4, 0.5) is 17.6 Å². The zero-order valence-corrected chi connectivity index (χ0v) is 10.4. The smallest absolute Gasteiger partial charge is 0.271 e. The predicted octanol–water partition coefficient (Wildman–Crippen LogP) is 3.46. The van der Waals surface area contributed by atoms with E-state index in [1.54, 1.807) is 17.5 Å². The Balaban J connectivity index is 2.45. The van der Waals surface area contributed by atoms with E-state index in [-0.39, 0.29) is 5.56 Å². The van der Waals surface area contributed by atoms with Gasteiger partial charge in [0.15, 0.2) is 0 Å². The first-order valence-corrected chi connectivity index (χ1v) is 6.17. The molecule has 0 saturated carbocycles. The molecule has 3 N–H and O–H groups in total. The van der Waals surface area contributed by atoms with E-state index in [2.05, 4.69) is 5.43 Å². The van der Waals surface area contributed by atoms with Gasteiger partial charge in [-0.2, -0.15) is 13.2 Å². The van der Waals surface area contributed by atoms with E-state index in [1.807, 2.05) is 0 Å². The Hall–Kier alpha value is -1.44. The molecule has 7 heteroatoms. The number of thiophene rings is 1. The number of benzene rings is 1. The zero-order valence-electron chi connectivity index (χ0n) is 9.54. The standard InChI is InChI=1S/C12H10F4N2S/c13-9-4-3-7(6-8(9)12(14,15)16)11(18-17)10-2-1-5-19-10/h1-6,11,18H,17H2. The van der Waals surface area contributed by atoms with Crippen LogP contribution < -0.4 is 11.3 Å². The van der Waals surface area contributed by atoms with Gasteiger partial charge in [-0.25, -0.2) is 9.82 Å². The molecule has 1 heterocycles. The van der Waals surface area contributed by atoms with Gasteiger partial charge in [-0.1, -0.05) is 12.1 Å². The summed E-state index contributed by atoms with van der Waals surface area (Å²) in [4.78, 5) is 0.752. The third-order valence-corrected chi connectivity index (χ3v) is 3.56. The minimum Gasteiger partial charge on any atom is -0.271 e. The van der Waals surface area contributed by atoms with E-state index < -0.39 is 23.6 Å². The first kappa shape index (κ1) is 14.0. The summed E-state index contributed by atoms with van der Waals surface area (Å²) in [5.41, 5.74) is 1.41. The minimum absolute atomic E-state index is 0.263. The van der Waals surface area contributed by atoms with Crippen LogP contribution >= 0.6 is 11.3 Å². The Morgan fingerprint density at radius 2 is 1.95 bits per heavy atom. The van der Waals surface area contributed by atoms with Crippen molar-refractivity contribution in [2.24, 2.45) is 5.84 Å². The molecular formula is C12H10F4N2S. The molecule has 0 spiro atoms. The molecular weight excluding hydrogens is 280 g/mol. The average molecular weight is 290 g/mol. The lowest BCUT2D eigenvalue weighted by atomic mass is 10.0. The maximum Gasteiger partial charge on any atom is 0.419 e. The third-order valence-electron chi connectivity index (χ3n) is 2.62. The topological polar surface area (TPSA) is 38.0 Å². The summed E-state index contributed by atoms with van der Waals surface area (Å²) in [5.74, 6) is 4.08. The largest absolute Gasteiger partial charge is 0.419 e. The van der Waals surface area contributed by atoms with Crippen LogP contribution in [-0.2, 0) is 6.18 Å². The van der Waals surface area contributed by atoms with Gasteiger partial charge in [-0.3, -0.25) is 5.84 Å². The number of hydrogen-bond donors (Lipinski definition) is 2. The number of hydrazine groups is 1. The van der Waals surface area contributed by atoms with Gasteiger partial charge in [0, 0.05) is 4.88 Å². The van der Waals surface area contributed by atoms with Crippen LogP contribution in [0.25, 0.3) is 0 Å². The fourth-order valence-electron chi connectivity index (χ4n) is 1.74. The monoisotopic (exact) mass is 290 g/mol. The third kappa shape index (κ3) is 2.94. The Morgan fingerprint density at radius 3 is 2.47 bits per heavy atom. The van der Waals surface area contributed by atoms with Crippen LogP contribution in [0.2, 0.25) is 0 Å². The molecule has 0 radical (unpaired) electrons. The summed E-state index contributed by atoms with van der Waals surface area (Å²) in [7, 11) is 0. The Labute approximate surface area is 110 Å². The van der Waals surface area contributed by atoms with Crippen molar-refractivity contribution in [3.63, 3.8) is 0 Å². The predicted molar refractivity (Wildman–Crippen MR) is 64.9 cm³/mol. The Bertz CT molecular complexity index is 551. The first-order chi connectivity index (χ1) is 8.93. The molecule has 0 aliphatic rings. The van der Waals surface area contributed by atoms with Gasteiger partial charge in [-0.05, 0) is 29.1 Å². The molecule has 2 nitrogen and oxygen atoms in total. The number of hydrogen-bond acceptors (Lipinski definition) is 3. The van der Waals surface area contributed by atoms with E-state index in [9.17, 15) is 17.6 Å². The van der Waals surface area contributed by atoms with E-state index in [4.69, 9.17) is 5.84 Å². The highest BCUT2D eigenvalue weighted by molar-refractivity contribution is 7.10. The van der Waals surface area contributed by atoms with Crippen LogP contribution in [0, 0.1) is 5.82 Å². The minimum atomic E-state index is -4.73. The summed E-state index contributed by atoms with van der Waals surface area (Å²) in [6, 6.07) is 5.77. The fraction of sp³-hybridized carbons (Fsp3) is 0.167. The van der Waals surface area contributed by atoms with Crippen molar-refractivity contribution in [2.75, 3.05) is 0 Å². The van der Waals surface area contributed by atoms with Gasteiger partial charge in [0.05, 0.1) is 11.6 Å².